The summed E-state index contributed by atoms with van der Waals surface area (Å²) < 4.78 is 5.74. The summed E-state index contributed by atoms with van der Waals surface area (Å²) in [6.07, 6.45) is 1.75. The van der Waals surface area contributed by atoms with Gasteiger partial charge >= 0.3 is 6.03 Å². The normalized spacial score (nSPS) is 14.6. The van der Waals surface area contributed by atoms with Gasteiger partial charge in [-0.15, -0.1) is 0 Å². The van der Waals surface area contributed by atoms with E-state index in [1.807, 2.05) is 41.3 Å². The first-order valence-corrected chi connectivity index (χ1v) is 10.4. The number of hydrogen-bond donors (Lipinski definition) is 2. The van der Waals surface area contributed by atoms with Crippen LogP contribution in [0, 0.1) is 0 Å². The average molecular weight is 418 g/mol. The van der Waals surface area contributed by atoms with Gasteiger partial charge in [0.15, 0.2) is 0 Å². The smallest absolute Gasteiger partial charge is 0.317 e. The van der Waals surface area contributed by atoms with Crippen molar-refractivity contribution in [1.82, 2.24) is 15.1 Å². The predicted octanol–water partition coefficient (Wildman–Crippen LogP) is 3.38. The van der Waals surface area contributed by atoms with E-state index in [-0.39, 0.29) is 11.8 Å². The van der Waals surface area contributed by atoms with Gasteiger partial charge in [-0.1, -0.05) is 35.9 Å². The zero-order valence-electron chi connectivity index (χ0n) is 16.5. The van der Waals surface area contributed by atoms with Crippen LogP contribution < -0.4 is 10.1 Å². The Bertz CT molecular complexity index is 777. The Hall–Kier alpha value is -2.44. The van der Waals surface area contributed by atoms with E-state index in [0.29, 0.717) is 23.9 Å². The van der Waals surface area contributed by atoms with Crippen molar-refractivity contribution in [3.05, 3.63) is 59.1 Å². The van der Waals surface area contributed by atoms with Gasteiger partial charge in [-0.25, -0.2) is 4.79 Å². The summed E-state index contributed by atoms with van der Waals surface area (Å²) in [5.74, 6) is 0.983. The minimum atomic E-state index is 0.00248. The zero-order chi connectivity index (χ0) is 20.5. The van der Waals surface area contributed by atoms with Gasteiger partial charge in [0, 0.05) is 39.3 Å². The number of ether oxygens (including phenoxy) is 1. The Morgan fingerprint density at radius 3 is 2.52 bits per heavy atom. The Kier molecular flexibility index (Phi) is 8.02. The standard InChI is InChI=1S/C22H28ClN3O3/c23-20-5-1-2-6-21(20)29-17-16-25-12-14-26(15-13-25)22(28)24-11-3-4-18-7-9-19(27)10-8-18/h1-2,5-10,27H,3-4,11-17H2,(H,24,28). The summed E-state index contributed by atoms with van der Waals surface area (Å²) in [5, 5.41) is 12.9. The molecule has 2 N–H and O–H groups in total. The van der Waals surface area contributed by atoms with Crippen LogP contribution in [0.25, 0.3) is 0 Å². The van der Waals surface area contributed by atoms with Crippen molar-refractivity contribution in [3.8, 4) is 11.5 Å². The van der Waals surface area contributed by atoms with Crippen LogP contribution in [0.1, 0.15) is 12.0 Å². The molecular weight excluding hydrogens is 390 g/mol. The molecule has 0 bridgehead atoms. The molecule has 6 nitrogen and oxygen atoms in total. The SMILES string of the molecule is O=C(NCCCc1ccc(O)cc1)N1CCN(CCOc2ccccc2Cl)CC1. The number of halogens is 1. The molecule has 2 aromatic carbocycles. The summed E-state index contributed by atoms with van der Waals surface area (Å²) in [5.41, 5.74) is 1.16. The molecule has 0 unspecified atom stereocenters. The molecule has 1 fully saturated rings. The Morgan fingerprint density at radius 1 is 1.07 bits per heavy atom. The number of rotatable bonds is 8. The molecule has 1 saturated heterocycles. The van der Waals surface area contributed by atoms with Crippen LogP contribution in [0.3, 0.4) is 0 Å². The number of phenolic OH excluding ortho intramolecular Hbond substituents is 1. The van der Waals surface area contributed by atoms with Gasteiger partial charge in [0.25, 0.3) is 0 Å². The second-order valence-electron chi connectivity index (χ2n) is 7.11. The molecule has 0 spiro atoms. The van der Waals surface area contributed by atoms with Gasteiger partial charge in [-0.2, -0.15) is 0 Å². The van der Waals surface area contributed by atoms with Crippen LogP contribution in [0.5, 0.6) is 11.5 Å². The van der Waals surface area contributed by atoms with Gasteiger partial charge in [0.05, 0.1) is 5.02 Å². The van der Waals surface area contributed by atoms with E-state index >= 15 is 0 Å². The number of carbonyl (C=O) groups is 1. The summed E-state index contributed by atoms with van der Waals surface area (Å²) in [7, 11) is 0. The molecule has 0 aromatic heterocycles. The van der Waals surface area contributed by atoms with Crippen LogP contribution in [0.15, 0.2) is 48.5 Å². The van der Waals surface area contributed by atoms with Crippen LogP contribution in [0.2, 0.25) is 5.02 Å². The highest BCUT2D eigenvalue weighted by Crippen LogP contribution is 2.22. The lowest BCUT2D eigenvalue weighted by Gasteiger charge is -2.34. The summed E-state index contributed by atoms with van der Waals surface area (Å²) in [6, 6.07) is 14.7. The number of aryl methyl sites for hydroxylation is 1. The lowest BCUT2D eigenvalue weighted by Crippen LogP contribution is -2.52. The van der Waals surface area contributed by atoms with Crippen LogP contribution >= 0.6 is 11.6 Å². The number of urea groups is 1. The fourth-order valence-electron chi connectivity index (χ4n) is 3.28. The number of aromatic hydroxyl groups is 1. The fraction of sp³-hybridized carbons (Fsp3) is 0.409. The molecule has 1 aliphatic rings. The molecule has 2 aromatic rings. The summed E-state index contributed by atoms with van der Waals surface area (Å²) >= 11 is 6.09. The maximum Gasteiger partial charge on any atom is 0.317 e. The molecule has 156 valence electrons. The first-order chi connectivity index (χ1) is 14.1. The predicted molar refractivity (Wildman–Crippen MR) is 115 cm³/mol. The number of hydrogen-bond acceptors (Lipinski definition) is 4. The molecule has 0 saturated carbocycles. The molecule has 0 atom stereocenters. The van der Waals surface area contributed by atoms with E-state index in [4.69, 9.17) is 16.3 Å². The van der Waals surface area contributed by atoms with E-state index in [9.17, 15) is 9.90 Å². The van der Waals surface area contributed by atoms with Gasteiger partial charge in [-0.3, -0.25) is 4.90 Å². The maximum atomic E-state index is 12.3. The third kappa shape index (κ3) is 6.84. The molecule has 1 heterocycles. The quantitative estimate of drug-likeness (QED) is 0.646. The minimum absolute atomic E-state index is 0.00248. The highest BCUT2D eigenvalue weighted by molar-refractivity contribution is 6.32. The first-order valence-electron chi connectivity index (χ1n) is 10.0. The summed E-state index contributed by atoms with van der Waals surface area (Å²) in [4.78, 5) is 16.5. The highest BCUT2D eigenvalue weighted by Gasteiger charge is 2.20. The number of piperazine rings is 1. The monoisotopic (exact) mass is 417 g/mol. The van der Waals surface area contributed by atoms with Crippen molar-refractivity contribution in [2.24, 2.45) is 0 Å². The van der Waals surface area contributed by atoms with Crippen LogP contribution in [-0.2, 0) is 6.42 Å². The van der Waals surface area contributed by atoms with Gasteiger partial charge in [0.2, 0.25) is 0 Å². The van der Waals surface area contributed by atoms with Crippen molar-refractivity contribution < 1.29 is 14.6 Å². The maximum absolute atomic E-state index is 12.3. The van der Waals surface area contributed by atoms with Crippen LogP contribution in [-0.4, -0.2) is 66.8 Å². The second-order valence-corrected chi connectivity index (χ2v) is 7.52. The van der Waals surface area contributed by atoms with E-state index in [1.54, 1.807) is 12.1 Å². The Labute approximate surface area is 177 Å². The van der Waals surface area contributed by atoms with Gasteiger partial charge < -0.3 is 20.1 Å². The summed E-state index contributed by atoms with van der Waals surface area (Å²) in [6.45, 7) is 5.15. The lowest BCUT2D eigenvalue weighted by atomic mass is 10.1. The van der Waals surface area contributed by atoms with E-state index < -0.39 is 0 Å². The first kappa shape index (κ1) is 21.3. The van der Waals surface area contributed by atoms with Crippen molar-refractivity contribution in [2.45, 2.75) is 12.8 Å². The van der Waals surface area contributed by atoms with Gasteiger partial charge in [0.1, 0.15) is 18.1 Å². The van der Waals surface area contributed by atoms with Crippen molar-refractivity contribution >= 4 is 17.6 Å². The zero-order valence-corrected chi connectivity index (χ0v) is 17.3. The molecule has 7 heteroatoms. The number of amides is 2. The van der Waals surface area contributed by atoms with E-state index in [0.717, 1.165) is 51.1 Å². The third-order valence-electron chi connectivity index (χ3n) is 5.02. The lowest BCUT2D eigenvalue weighted by molar-refractivity contribution is 0.126. The average Bonchev–Trinajstić information content (AvgIpc) is 2.74. The minimum Gasteiger partial charge on any atom is -0.508 e. The van der Waals surface area contributed by atoms with Crippen molar-refractivity contribution in [3.63, 3.8) is 0 Å². The molecule has 29 heavy (non-hydrogen) atoms. The Morgan fingerprint density at radius 2 is 1.79 bits per heavy atom. The number of phenols is 1. The molecule has 0 aliphatic carbocycles. The third-order valence-corrected chi connectivity index (χ3v) is 5.33. The molecule has 3 rings (SSSR count). The number of nitrogens with zero attached hydrogens (tertiary/aromatic N) is 2. The number of carbonyl (C=O) groups excluding carboxylic acids is 1. The molecule has 0 radical (unpaired) electrons. The molecule has 2 amide bonds. The second kappa shape index (κ2) is 10.9. The molecular formula is C22H28ClN3O3. The topological polar surface area (TPSA) is 65.0 Å². The van der Waals surface area contributed by atoms with Crippen LogP contribution in [0.4, 0.5) is 4.79 Å². The largest absolute Gasteiger partial charge is 0.508 e. The van der Waals surface area contributed by atoms with E-state index in [1.165, 1.54) is 0 Å². The molecule has 1 aliphatic heterocycles. The van der Waals surface area contributed by atoms with Crippen molar-refractivity contribution in [2.75, 3.05) is 45.9 Å². The fourth-order valence-corrected chi connectivity index (χ4v) is 3.47. The van der Waals surface area contributed by atoms with Gasteiger partial charge in [-0.05, 0) is 42.7 Å². The number of nitrogens with one attached hydrogen (secondary N) is 1. The highest BCUT2D eigenvalue weighted by atomic mass is 35.5. The van der Waals surface area contributed by atoms with Crippen molar-refractivity contribution in [1.29, 1.82) is 0 Å². The number of benzene rings is 2. The number of para-hydroxylation sites is 1. The van der Waals surface area contributed by atoms with E-state index in [2.05, 4.69) is 10.2 Å². The Balaban J connectivity index is 1.28.